The summed E-state index contributed by atoms with van der Waals surface area (Å²) in [6.07, 6.45) is -1.45. The van der Waals surface area contributed by atoms with Crippen molar-refractivity contribution in [1.82, 2.24) is 0 Å². The lowest BCUT2D eigenvalue weighted by Gasteiger charge is -2.26. The number of hydrogen-bond acceptors (Lipinski definition) is 4. The molecule has 1 saturated heterocycles. The van der Waals surface area contributed by atoms with E-state index in [4.69, 9.17) is 9.84 Å². The van der Waals surface area contributed by atoms with Crippen molar-refractivity contribution in [2.45, 2.75) is 16.2 Å². The SMILES string of the molecule is O=C(O)C(O)c1ccccc1SC1COC1. The topological polar surface area (TPSA) is 66.8 Å². The number of carbonyl (C=O) groups is 1. The number of aliphatic hydroxyl groups is 1. The largest absolute Gasteiger partial charge is 0.479 e. The molecule has 2 N–H and O–H groups in total. The number of benzene rings is 1. The first-order valence-electron chi connectivity index (χ1n) is 4.92. The third kappa shape index (κ3) is 2.37. The smallest absolute Gasteiger partial charge is 0.337 e. The summed E-state index contributed by atoms with van der Waals surface area (Å²) in [5.41, 5.74) is 0.451. The van der Waals surface area contributed by atoms with E-state index in [1.807, 2.05) is 12.1 Å². The van der Waals surface area contributed by atoms with Crippen LogP contribution in [-0.4, -0.2) is 34.6 Å². The number of carboxylic acid groups (broad SMARTS) is 1. The molecule has 0 bridgehead atoms. The maximum Gasteiger partial charge on any atom is 0.337 e. The molecule has 16 heavy (non-hydrogen) atoms. The van der Waals surface area contributed by atoms with Crippen molar-refractivity contribution in [3.63, 3.8) is 0 Å². The number of rotatable bonds is 4. The normalized spacial score (nSPS) is 17.8. The number of carboxylic acids is 1. The van der Waals surface area contributed by atoms with Gasteiger partial charge in [0.2, 0.25) is 0 Å². The van der Waals surface area contributed by atoms with E-state index in [1.54, 1.807) is 23.9 Å². The molecule has 2 rings (SSSR count). The minimum absolute atomic E-state index is 0.363. The first-order chi connectivity index (χ1) is 7.68. The van der Waals surface area contributed by atoms with Crippen LogP contribution in [-0.2, 0) is 9.53 Å². The molecule has 0 radical (unpaired) electrons. The number of hydrogen-bond donors (Lipinski definition) is 2. The van der Waals surface area contributed by atoms with Crippen molar-refractivity contribution in [2.75, 3.05) is 13.2 Å². The Balaban J connectivity index is 2.18. The van der Waals surface area contributed by atoms with Gasteiger partial charge >= 0.3 is 5.97 Å². The molecule has 1 aliphatic rings. The molecule has 1 heterocycles. The van der Waals surface area contributed by atoms with Gasteiger partial charge in [-0.15, -0.1) is 11.8 Å². The zero-order chi connectivity index (χ0) is 11.5. The molecular formula is C11H12O4S. The van der Waals surface area contributed by atoms with Crippen LogP contribution >= 0.6 is 11.8 Å². The average Bonchev–Trinajstić information content (AvgIpc) is 2.23. The number of ether oxygens (including phenoxy) is 1. The van der Waals surface area contributed by atoms with Crippen LogP contribution in [0.25, 0.3) is 0 Å². The van der Waals surface area contributed by atoms with Gasteiger partial charge in [-0.3, -0.25) is 0 Å². The van der Waals surface area contributed by atoms with Crippen molar-refractivity contribution < 1.29 is 19.7 Å². The van der Waals surface area contributed by atoms with Crippen LogP contribution in [0, 0.1) is 0 Å². The summed E-state index contributed by atoms with van der Waals surface area (Å²) in [4.78, 5) is 11.5. The Hall–Kier alpha value is -1.04. The molecule has 1 atom stereocenters. The lowest BCUT2D eigenvalue weighted by molar-refractivity contribution is -0.147. The summed E-state index contributed by atoms with van der Waals surface area (Å²) in [6, 6.07) is 7.02. The van der Waals surface area contributed by atoms with Gasteiger partial charge in [0, 0.05) is 10.5 Å². The molecule has 1 aromatic carbocycles. The molecule has 0 saturated carbocycles. The van der Waals surface area contributed by atoms with E-state index in [0.29, 0.717) is 24.0 Å². The van der Waals surface area contributed by atoms with Crippen molar-refractivity contribution in [1.29, 1.82) is 0 Å². The van der Waals surface area contributed by atoms with Gasteiger partial charge < -0.3 is 14.9 Å². The van der Waals surface area contributed by atoms with Crippen LogP contribution in [0.4, 0.5) is 0 Å². The molecule has 1 aromatic rings. The van der Waals surface area contributed by atoms with Crippen molar-refractivity contribution in [2.24, 2.45) is 0 Å². The Morgan fingerprint density at radius 2 is 2.12 bits per heavy atom. The molecule has 0 spiro atoms. The van der Waals surface area contributed by atoms with E-state index >= 15 is 0 Å². The Labute approximate surface area is 97.2 Å². The maximum atomic E-state index is 10.7. The lowest BCUT2D eigenvalue weighted by atomic mass is 10.1. The predicted octanol–water partition coefficient (Wildman–Crippen LogP) is 1.30. The summed E-state index contributed by atoms with van der Waals surface area (Å²) >= 11 is 1.55. The van der Waals surface area contributed by atoms with E-state index in [1.165, 1.54) is 0 Å². The summed E-state index contributed by atoms with van der Waals surface area (Å²) in [7, 11) is 0. The van der Waals surface area contributed by atoms with E-state index in [-0.39, 0.29) is 0 Å². The minimum Gasteiger partial charge on any atom is -0.479 e. The van der Waals surface area contributed by atoms with E-state index in [2.05, 4.69) is 0 Å². The minimum atomic E-state index is -1.45. The zero-order valence-electron chi connectivity index (χ0n) is 8.50. The molecule has 5 heteroatoms. The van der Waals surface area contributed by atoms with Crippen LogP contribution in [0.3, 0.4) is 0 Å². The number of aliphatic hydroxyl groups excluding tert-OH is 1. The standard InChI is InChI=1S/C11H12O4S/c12-10(11(13)14)8-3-1-2-4-9(8)16-7-5-15-6-7/h1-4,7,10,12H,5-6H2,(H,13,14). The fourth-order valence-electron chi connectivity index (χ4n) is 1.41. The molecule has 0 amide bonds. The summed E-state index contributed by atoms with van der Waals surface area (Å²) in [6.45, 7) is 1.37. The van der Waals surface area contributed by atoms with Gasteiger partial charge in [0.1, 0.15) is 0 Å². The third-order valence-electron chi connectivity index (χ3n) is 2.35. The highest BCUT2D eigenvalue weighted by atomic mass is 32.2. The average molecular weight is 240 g/mol. The Bertz CT molecular complexity index is 389. The quantitative estimate of drug-likeness (QED) is 0.830. The molecular weight excluding hydrogens is 228 g/mol. The highest BCUT2D eigenvalue weighted by Crippen LogP contribution is 2.33. The number of thioether (sulfide) groups is 1. The van der Waals surface area contributed by atoms with Crippen LogP contribution in [0.2, 0.25) is 0 Å². The number of aliphatic carboxylic acids is 1. The highest BCUT2D eigenvalue weighted by molar-refractivity contribution is 8.00. The summed E-state index contributed by atoms with van der Waals surface area (Å²) in [5, 5.41) is 18.7. The molecule has 1 fully saturated rings. The summed E-state index contributed by atoms with van der Waals surface area (Å²) < 4.78 is 5.06. The molecule has 4 nitrogen and oxygen atoms in total. The van der Waals surface area contributed by atoms with Crippen LogP contribution in [0.1, 0.15) is 11.7 Å². The van der Waals surface area contributed by atoms with E-state index < -0.39 is 12.1 Å². The Kier molecular flexibility index (Phi) is 3.48. The molecule has 0 aliphatic carbocycles. The first kappa shape index (κ1) is 11.4. The van der Waals surface area contributed by atoms with Gasteiger partial charge in [0.15, 0.2) is 6.10 Å². The first-order valence-corrected chi connectivity index (χ1v) is 5.80. The predicted molar refractivity (Wildman–Crippen MR) is 59.5 cm³/mol. The van der Waals surface area contributed by atoms with Gasteiger partial charge in [-0.2, -0.15) is 0 Å². The van der Waals surface area contributed by atoms with Gasteiger partial charge in [-0.05, 0) is 6.07 Å². The van der Waals surface area contributed by atoms with Crippen molar-refractivity contribution in [3.8, 4) is 0 Å². The fourth-order valence-corrected chi connectivity index (χ4v) is 2.57. The second-order valence-corrected chi connectivity index (χ2v) is 4.90. The third-order valence-corrected chi connectivity index (χ3v) is 3.58. The summed E-state index contributed by atoms with van der Waals surface area (Å²) in [5.74, 6) is -1.22. The second kappa shape index (κ2) is 4.86. The maximum absolute atomic E-state index is 10.7. The Morgan fingerprint density at radius 3 is 2.69 bits per heavy atom. The molecule has 1 aliphatic heterocycles. The van der Waals surface area contributed by atoms with Gasteiger partial charge in [-0.25, -0.2) is 4.79 Å². The van der Waals surface area contributed by atoms with Crippen LogP contribution < -0.4 is 0 Å². The molecule has 86 valence electrons. The van der Waals surface area contributed by atoms with E-state index in [9.17, 15) is 9.90 Å². The monoisotopic (exact) mass is 240 g/mol. The van der Waals surface area contributed by atoms with Crippen LogP contribution in [0.15, 0.2) is 29.2 Å². The lowest BCUT2D eigenvalue weighted by Crippen LogP contribution is -2.30. The zero-order valence-corrected chi connectivity index (χ0v) is 9.31. The van der Waals surface area contributed by atoms with Gasteiger partial charge in [0.05, 0.1) is 18.5 Å². The van der Waals surface area contributed by atoms with Crippen molar-refractivity contribution >= 4 is 17.7 Å². The van der Waals surface area contributed by atoms with Crippen molar-refractivity contribution in [3.05, 3.63) is 29.8 Å². The van der Waals surface area contributed by atoms with Gasteiger partial charge in [0.25, 0.3) is 0 Å². The van der Waals surface area contributed by atoms with E-state index in [0.717, 1.165) is 4.90 Å². The van der Waals surface area contributed by atoms with Crippen LogP contribution in [0.5, 0.6) is 0 Å². The molecule has 1 unspecified atom stereocenters. The molecule has 0 aromatic heterocycles. The Morgan fingerprint density at radius 1 is 1.44 bits per heavy atom. The second-order valence-electron chi connectivity index (χ2n) is 3.56. The highest BCUT2D eigenvalue weighted by Gasteiger charge is 2.24. The fraction of sp³-hybridized carbons (Fsp3) is 0.364. The van der Waals surface area contributed by atoms with Gasteiger partial charge in [-0.1, -0.05) is 18.2 Å².